The highest BCUT2D eigenvalue weighted by Crippen LogP contribution is 2.30. The fourth-order valence-electron chi connectivity index (χ4n) is 1.94. The van der Waals surface area contributed by atoms with Crippen LogP contribution in [0.25, 0.3) is 22.4 Å². The molecule has 0 radical (unpaired) electrons. The van der Waals surface area contributed by atoms with Gasteiger partial charge in [-0.05, 0) is 34.1 Å². The predicted molar refractivity (Wildman–Crippen MR) is 83.5 cm³/mol. The Hall–Kier alpha value is -1.33. The summed E-state index contributed by atoms with van der Waals surface area (Å²) < 4.78 is 7.20. The van der Waals surface area contributed by atoms with Crippen LogP contribution in [0.3, 0.4) is 0 Å². The maximum Gasteiger partial charge on any atom is 0.138 e. The number of hydrogen-bond acceptors (Lipinski definition) is 2. The number of aromatic nitrogens is 2. The molecule has 0 aliphatic carbocycles. The molecule has 5 heteroatoms. The van der Waals surface area contributed by atoms with Gasteiger partial charge in [0, 0.05) is 20.6 Å². The van der Waals surface area contributed by atoms with Gasteiger partial charge in [-0.2, -0.15) is 0 Å². The van der Waals surface area contributed by atoms with Crippen molar-refractivity contribution in [3.63, 3.8) is 0 Å². The molecule has 3 nitrogen and oxygen atoms in total. The van der Waals surface area contributed by atoms with E-state index >= 15 is 0 Å². The summed E-state index contributed by atoms with van der Waals surface area (Å²) in [5.41, 5.74) is 2.88. The number of halogens is 2. The first-order valence-corrected chi connectivity index (χ1v) is 7.25. The van der Waals surface area contributed by atoms with Gasteiger partial charge in [-0.1, -0.05) is 28.1 Å². The number of methoxy groups -OCH3 is 1. The van der Waals surface area contributed by atoms with Gasteiger partial charge in [-0.3, -0.25) is 0 Å². The number of H-pyrrole nitrogens is 1. The van der Waals surface area contributed by atoms with Gasteiger partial charge in [0.15, 0.2) is 0 Å². The van der Waals surface area contributed by atoms with Crippen LogP contribution in [-0.2, 0) is 0 Å². The van der Waals surface area contributed by atoms with Gasteiger partial charge in [0.2, 0.25) is 0 Å². The van der Waals surface area contributed by atoms with Crippen molar-refractivity contribution in [1.82, 2.24) is 9.97 Å². The van der Waals surface area contributed by atoms with Gasteiger partial charge in [0.1, 0.15) is 17.1 Å². The zero-order chi connectivity index (χ0) is 13.4. The van der Waals surface area contributed by atoms with Crippen molar-refractivity contribution in [3.8, 4) is 17.1 Å². The van der Waals surface area contributed by atoms with Crippen LogP contribution in [0, 0.1) is 0 Å². The molecule has 1 aromatic heterocycles. The Kier molecular flexibility index (Phi) is 3.33. The monoisotopic (exact) mass is 380 g/mol. The highest BCUT2D eigenvalue weighted by atomic mass is 79.9. The maximum atomic E-state index is 5.25. The van der Waals surface area contributed by atoms with E-state index in [1.54, 1.807) is 7.11 Å². The largest absolute Gasteiger partial charge is 0.497 e. The van der Waals surface area contributed by atoms with Crippen LogP contribution in [-0.4, -0.2) is 17.1 Å². The first-order chi connectivity index (χ1) is 9.17. The molecule has 3 rings (SSSR count). The minimum Gasteiger partial charge on any atom is -0.497 e. The van der Waals surface area contributed by atoms with Gasteiger partial charge in [-0.15, -0.1) is 0 Å². The lowest BCUT2D eigenvalue weighted by Gasteiger charge is -1.99. The number of ether oxygens (including phenoxy) is 1. The molecule has 96 valence electrons. The van der Waals surface area contributed by atoms with E-state index in [4.69, 9.17) is 4.74 Å². The van der Waals surface area contributed by atoms with Crippen LogP contribution in [0.5, 0.6) is 5.75 Å². The summed E-state index contributed by atoms with van der Waals surface area (Å²) in [6, 6.07) is 11.9. The Bertz CT molecular complexity index is 752. The molecule has 1 N–H and O–H groups in total. The van der Waals surface area contributed by atoms with E-state index in [9.17, 15) is 0 Å². The molecular formula is C14H10Br2N2O. The summed E-state index contributed by atoms with van der Waals surface area (Å²) in [6.45, 7) is 0. The van der Waals surface area contributed by atoms with E-state index in [1.165, 1.54) is 0 Å². The Morgan fingerprint density at radius 3 is 2.74 bits per heavy atom. The molecule has 0 saturated heterocycles. The summed E-state index contributed by atoms with van der Waals surface area (Å²) in [4.78, 5) is 7.93. The fourth-order valence-corrected chi connectivity index (χ4v) is 2.87. The normalized spacial score (nSPS) is 10.9. The third-order valence-corrected chi connectivity index (χ3v) is 3.95. The number of hydrogen-bond donors (Lipinski definition) is 1. The third-order valence-electron chi connectivity index (χ3n) is 2.85. The molecule has 0 bridgehead atoms. The lowest BCUT2D eigenvalue weighted by molar-refractivity contribution is 0.415. The van der Waals surface area contributed by atoms with Gasteiger partial charge in [0.05, 0.1) is 12.6 Å². The highest BCUT2D eigenvalue weighted by molar-refractivity contribution is 9.11. The number of fused-ring (bicyclic) bond motifs is 1. The van der Waals surface area contributed by atoms with Crippen LogP contribution in [0.15, 0.2) is 45.3 Å². The minimum absolute atomic E-state index is 0.795. The van der Waals surface area contributed by atoms with Gasteiger partial charge in [0.25, 0.3) is 0 Å². The number of aromatic amines is 1. The Morgan fingerprint density at radius 2 is 2.00 bits per heavy atom. The number of imidazole rings is 1. The van der Waals surface area contributed by atoms with E-state index in [0.717, 1.165) is 37.1 Å². The summed E-state index contributed by atoms with van der Waals surface area (Å²) in [5.74, 6) is 1.63. The first kappa shape index (κ1) is 12.7. The molecule has 0 atom stereocenters. The minimum atomic E-state index is 0.795. The van der Waals surface area contributed by atoms with Crippen LogP contribution in [0.4, 0.5) is 0 Å². The second-order valence-corrected chi connectivity index (χ2v) is 5.87. The SMILES string of the molecule is COc1cc(Br)c2nc(-c3cccc(Br)c3)[nH]c2c1. The zero-order valence-corrected chi connectivity index (χ0v) is 13.2. The molecule has 1 heterocycles. The van der Waals surface area contributed by atoms with Crippen LogP contribution < -0.4 is 4.74 Å². The summed E-state index contributed by atoms with van der Waals surface area (Å²) in [6.07, 6.45) is 0. The Labute approximate surface area is 127 Å². The Morgan fingerprint density at radius 1 is 1.16 bits per heavy atom. The molecule has 0 unspecified atom stereocenters. The molecular weight excluding hydrogens is 372 g/mol. The van der Waals surface area contributed by atoms with E-state index in [-0.39, 0.29) is 0 Å². The van der Waals surface area contributed by atoms with Crippen molar-refractivity contribution in [2.75, 3.05) is 7.11 Å². The molecule has 0 aliphatic heterocycles. The smallest absolute Gasteiger partial charge is 0.138 e. The molecule has 3 aromatic rings. The Balaban J connectivity index is 2.19. The number of benzene rings is 2. The maximum absolute atomic E-state index is 5.25. The van der Waals surface area contributed by atoms with E-state index < -0.39 is 0 Å². The van der Waals surface area contributed by atoms with Crippen molar-refractivity contribution >= 4 is 42.9 Å². The van der Waals surface area contributed by atoms with Crippen molar-refractivity contribution in [1.29, 1.82) is 0 Å². The van der Waals surface area contributed by atoms with Crippen molar-refractivity contribution in [2.45, 2.75) is 0 Å². The van der Waals surface area contributed by atoms with Gasteiger partial charge >= 0.3 is 0 Å². The predicted octanol–water partition coefficient (Wildman–Crippen LogP) is 4.76. The summed E-state index contributed by atoms with van der Waals surface area (Å²) >= 11 is 6.99. The van der Waals surface area contributed by atoms with Crippen molar-refractivity contribution < 1.29 is 4.74 Å². The lowest BCUT2D eigenvalue weighted by Crippen LogP contribution is -1.82. The molecule has 2 aromatic carbocycles. The van der Waals surface area contributed by atoms with Crippen LogP contribution in [0.1, 0.15) is 0 Å². The van der Waals surface area contributed by atoms with Gasteiger partial charge in [-0.25, -0.2) is 4.98 Å². The molecule has 0 amide bonds. The quantitative estimate of drug-likeness (QED) is 0.694. The standard InChI is InChI=1S/C14H10Br2N2O/c1-19-10-6-11(16)13-12(7-10)17-14(18-13)8-3-2-4-9(15)5-8/h2-7H,1H3,(H,17,18). The average Bonchev–Trinajstić information content (AvgIpc) is 2.83. The van der Waals surface area contributed by atoms with Gasteiger partial charge < -0.3 is 9.72 Å². The molecule has 0 saturated carbocycles. The van der Waals surface area contributed by atoms with E-state index in [2.05, 4.69) is 41.8 Å². The molecule has 0 spiro atoms. The topological polar surface area (TPSA) is 37.9 Å². The first-order valence-electron chi connectivity index (χ1n) is 5.66. The average molecular weight is 382 g/mol. The molecule has 0 fully saturated rings. The number of nitrogens with zero attached hydrogens (tertiary/aromatic N) is 1. The van der Waals surface area contributed by atoms with Crippen molar-refractivity contribution in [2.24, 2.45) is 0 Å². The molecule has 0 aliphatic rings. The highest BCUT2D eigenvalue weighted by Gasteiger charge is 2.10. The second kappa shape index (κ2) is 4.98. The van der Waals surface area contributed by atoms with Crippen molar-refractivity contribution in [3.05, 3.63) is 45.3 Å². The zero-order valence-electron chi connectivity index (χ0n) is 10.1. The van der Waals surface area contributed by atoms with Crippen LogP contribution in [0.2, 0.25) is 0 Å². The van der Waals surface area contributed by atoms with E-state index in [0.29, 0.717) is 0 Å². The summed E-state index contributed by atoms with van der Waals surface area (Å²) in [5, 5.41) is 0. The second-order valence-electron chi connectivity index (χ2n) is 4.10. The summed E-state index contributed by atoms with van der Waals surface area (Å²) in [7, 11) is 1.65. The molecule has 19 heavy (non-hydrogen) atoms. The van der Waals surface area contributed by atoms with E-state index in [1.807, 2.05) is 36.4 Å². The van der Waals surface area contributed by atoms with Crippen LogP contribution >= 0.6 is 31.9 Å². The number of rotatable bonds is 2. The fraction of sp³-hybridized carbons (Fsp3) is 0.0714. The third kappa shape index (κ3) is 2.40. The lowest BCUT2D eigenvalue weighted by atomic mass is 10.2. The number of nitrogens with one attached hydrogen (secondary N) is 1.